The Hall–Kier alpha value is -1.14. The molecule has 0 aromatic heterocycles. The molecule has 0 aromatic rings. The molecule has 98 valence electrons. The van der Waals surface area contributed by atoms with Crippen LogP contribution in [0, 0.1) is 5.92 Å². The van der Waals surface area contributed by atoms with Crippen LogP contribution in [-0.2, 0) is 9.59 Å². The lowest BCUT2D eigenvalue weighted by atomic mass is 10.0. The van der Waals surface area contributed by atoms with Gasteiger partial charge in [-0.1, -0.05) is 13.8 Å². The highest BCUT2D eigenvalue weighted by Gasteiger charge is 2.47. The molecule has 2 atom stereocenters. The highest BCUT2D eigenvalue weighted by atomic mass is 16.3. The first-order valence-electron chi connectivity index (χ1n) is 5.83. The van der Waals surface area contributed by atoms with Gasteiger partial charge in [0.25, 0.3) is 5.91 Å². The van der Waals surface area contributed by atoms with Crippen LogP contribution >= 0.6 is 0 Å². The lowest BCUT2D eigenvalue weighted by Crippen LogP contribution is -2.54. The van der Waals surface area contributed by atoms with Crippen molar-refractivity contribution in [1.29, 1.82) is 0 Å². The number of likely N-dealkylation sites (N-methyl/N-ethyl adjacent to an activating group) is 1. The molecule has 0 saturated carbocycles. The first kappa shape index (κ1) is 13.9. The van der Waals surface area contributed by atoms with Crippen LogP contribution in [0.15, 0.2) is 0 Å². The molecule has 1 saturated heterocycles. The molecule has 1 rings (SSSR count). The van der Waals surface area contributed by atoms with Gasteiger partial charge in [-0.15, -0.1) is 0 Å². The van der Waals surface area contributed by atoms with Gasteiger partial charge < -0.3 is 15.7 Å². The van der Waals surface area contributed by atoms with Gasteiger partial charge in [0.1, 0.15) is 6.04 Å². The monoisotopic (exact) mass is 243 g/mol. The van der Waals surface area contributed by atoms with Gasteiger partial charge in [0, 0.05) is 13.0 Å². The first-order chi connectivity index (χ1) is 7.81. The molecule has 1 fully saturated rings. The topological polar surface area (TPSA) is 95.7 Å². The van der Waals surface area contributed by atoms with Crippen molar-refractivity contribution in [2.45, 2.75) is 38.5 Å². The number of nitrogens with one attached hydrogen (secondary N) is 1. The van der Waals surface area contributed by atoms with E-state index in [-0.39, 0.29) is 12.3 Å². The molecule has 2 amide bonds. The van der Waals surface area contributed by atoms with Gasteiger partial charge in [-0.3, -0.25) is 14.9 Å². The maximum absolute atomic E-state index is 12.0. The zero-order chi connectivity index (χ0) is 13.2. The van der Waals surface area contributed by atoms with Crippen molar-refractivity contribution in [3.05, 3.63) is 0 Å². The van der Waals surface area contributed by atoms with Crippen molar-refractivity contribution in [3.8, 4) is 0 Å². The molecule has 0 aromatic carbocycles. The third kappa shape index (κ3) is 2.76. The summed E-state index contributed by atoms with van der Waals surface area (Å²) in [6, 6.07) is -0.634. The number of hydrogen-bond donors (Lipinski definition) is 3. The Morgan fingerprint density at radius 1 is 1.65 bits per heavy atom. The SMILES string of the molecule is CNC1(O)CCN(C(CC(C)C)C(N)=O)C1=O. The summed E-state index contributed by atoms with van der Waals surface area (Å²) >= 11 is 0. The highest BCUT2D eigenvalue weighted by Crippen LogP contribution is 2.24. The molecule has 1 aliphatic rings. The molecule has 0 aliphatic carbocycles. The van der Waals surface area contributed by atoms with Crippen molar-refractivity contribution in [1.82, 2.24) is 10.2 Å². The Morgan fingerprint density at radius 2 is 2.24 bits per heavy atom. The van der Waals surface area contributed by atoms with E-state index in [1.807, 2.05) is 13.8 Å². The standard InChI is InChI=1S/C11H21N3O3/c1-7(2)6-8(9(12)15)14-5-4-11(17,13-3)10(14)16/h7-8,13,17H,4-6H2,1-3H3,(H2,12,15). The van der Waals surface area contributed by atoms with Crippen LogP contribution < -0.4 is 11.1 Å². The maximum atomic E-state index is 12.0. The zero-order valence-corrected chi connectivity index (χ0v) is 10.6. The third-order valence-corrected chi connectivity index (χ3v) is 3.14. The summed E-state index contributed by atoms with van der Waals surface area (Å²) in [6.07, 6.45) is 0.783. The Labute approximate surface area is 101 Å². The van der Waals surface area contributed by atoms with Crippen molar-refractivity contribution >= 4 is 11.8 Å². The molecule has 6 heteroatoms. The van der Waals surface area contributed by atoms with E-state index in [0.717, 1.165) is 0 Å². The molecule has 0 bridgehead atoms. The Morgan fingerprint density at radius 3 is 2.59 bits per heavy atom. The summed E-state index contributed by atoms with van der Waals surface area (Å²) in [5.74, 6) is -0.736. The Kier molecular flexibility index (Phi) is 4.11. The molecular formula is C11H21N3O3. The highest BCUT2D eigenvalue weighted by molar-refractivity contribution is 5.92. The number of nitrogens with two attached hydrogens (primary N) is 1. The largest absolute Gasteiger partial charge is 0.368 e. The lowest BCUT2D eigenvalue weighted by Gasteiger charge is -2.28. The van der Waals surface area contributed by atoms with Crippen LogP contribution in [0.3, 0.4) is 0 Å². The summed E-state index contributed by atoms with van der Waals surface area (Å²) in [5.41, 5.74) is 3.77. The van der Waals surface area contributed by atoms with E-state index < -0.39 is 23.6 Å². The molecule has 1 aliphatic heterocycles. The smallest absolute Gasteiger partial charge is 0.270 e. The van der Waals surface area contributed by atoms with E-state index >= 15 is 0 Å². The summed E-state index contributed by atoms with van der Waals surface area (Å²) in [6.45, 7) is 4.26. The second-order valence-corrected chi connectivity index (χ2v) is 4.91. The van der Waals surface area contributed by atoms with Crippen LogP contribution in [0.4, 0.5) is 0 Å². The number of rotatable bonds is 5. The van der Waals surface area contributed by atoms with E-state index in [1.54, 1.807) is 0 Å². The van der Waals surface area contributed by atoms with Crippen molar-refractivity contribution in [2.24, 2.45) is 11.7 Å². The average molecular weight is 243 g/mol. The fourth-order valence-corrected chi connectivity index (χ4v) is 2.10. The fourth-order valence-electron chi connectivity index (χ4n) is 2.10. The average Bonchev–Trinajstić information content (AvgIpc) is 2.53. The molecule has 1 heterocycles. The number of carbonyl (C=O) groups is 2. The number of amides is 2. The normalized spacial score (nSPS) is 26.6. The molecule has 4 N–H and O–H groups in total. The van der Waals surface area contributed by atoms with Gasteiger partial charge in [-0.2, -0.15) is 0 Å². The first-order valence-corrected chi connectivity index (χ1v) is 5.83. The van der Waals surface area contributed by atoms with E-state index in [4.69, 9.17) is 5.73 Å². The third-order valence-electron chi connectivity index (χ3n) is 3.14. The molecule has 0 spiro atoms. The quantitative estimate of drug-likeness (QED) is 0.541. The maximum Gasteiger partial charge on any atom is 0.270 e. The number of aliphatic hydroxyl groups is 1. The van der Waals surface area contributed by atoms with Gasteiger partial charge in [0.2, 0.25) is 5.91 Å². The fraction of sp³-hybridized carbons (Fsp3) is 0.818. The number of likely N-dealkylation sites (tertiary alicyclic amines) is 1. The summed E-state index contributed by atoms with van der Waals surface area (Å²) in [5, 5.41) is 12.5. The second-order valence-electron chi connectivity index (χ2n) is 4.91. The van der Waals surface area contributed by atoms with Gasteiger partial charge in [-0.05, 0) is 19.4 Å². The van der Waals surface area contributed by atoms with Crippen molar-refractivity contribution < 1.29 is 14.7 Å². The predicted molar refractivity (Wildman–Crippen MR) is 62.8 cm³/mol. The van der Waals surface area contributed by atoms with E-state index in [0.29, 0.717) is 13.0 Å². The summed E-state index contributed by atoms with van der Waals surface area (Å²) in [7, 11) is 1.52. The van der Waals surface area contributed by atoms with Crippen molar-refractivity contribution in [2.75, 3.05) is 13.6 Å². The van der Waals surface area contributed by atoms with Gasteiger partial charge in [0.05, 0.1) is 0 Å². The molecule has 17 heavy (non-hydrogen) atoms. The number of primary amides is 1. The van der Waals surface area contributed by atoms with Crippen LogP contribution in [0.2, 0.25) is 0 Å². The van der Waals surface area contributed by atoms with Crippen LogP contribution in [0.5, 0.6) is 0 Å². The summed E-state index contributed by atoms with van der Waals surface area (Å²) in [4.78, 5) is 24.8. The number of hydrogen-bond acceptors (Lipinski definition) is 4. The molecule has 0 radical (unpaired) electrons. The minimum Gasteiger partial charge on any atom is -0.368 e. The Bertz CT molecular complexity index is 319. The number of nitrogens with zero attached hydrogens (tertiary/aromatic N) is 1. The van der Waals surface area contributed by atoms with Crippen molar-refractivity contribution in [3.63, 3.8) is 0 Å². The Balaban J connectivity index is 2.84. The second kappa shape index (κ2) is 5.01. The minimum absolute atomic E-state index is 0.253. The number of carbonyl (C=O) groups excluding carboxylic acids is 2. The molecule has 2 unspecified atom stereocenters. The summed E-state index contributed by atoms with van der Waals surface area (Å²) < 4.78 is 0. The van der Waals surface area contributed by atoms with Crippen LogP contribution in [0.25, 0.3) is 0 Å². The minimum atomic E-state index is -1.55. The lowest BCUT2D eigenvalue weighted by molar-refractivity contribution is -0.150. The van der Waals surface area contributed by atoms with E-state index in [2.05, 4.69) is 5.32 Å². The van der Waals surface area contributed by atoms with Gasteiger partial charge in [0.15, 0.2) is 5.72 Å². The van der Waals surface area contributed by atoms with Gasteiger partial charge in [-0.25, -0.2) is 0 Å². The molecular weight excluding hydrogens is 222 g/mol. The van der Waals surface area contributed by atoms with Gasteiger partial charge >= 0.3 is 0 Å². The zero-order valence-electron chi connectivity index (χ0n) is 10.6. The van der Waals surface area contributed by atoms with E-state index in [9.17, 15) is 14.7 Å². The van der Waals surface area contributed by atoms with E-state index in [1.165, 1.54) is 11.9 Å². The van der Waals surface area contributed by atoms with Crippen LogP contribution in [-0.4, -0.2) is 47.2 Å². The van der Waals surface area contributed by atoms with Crippen LogP contribution in [0.1, 0.15) is 26.7 Å². The predicted octanol–water partition coefficient (Wildman–Crippen LogP) is -0.973. The molecule has 6 nitrogen and oxygen atoms in total.